The van der Waals surface area contributed by atoms with E-state index < -0.39 is 6.10 Å². The molecule has 7 heteroatoms. The van der Waals surface area contributed by atoms with Crippen molar-refractivity contribution >= 4 is 17.5 Å². The molecule has 0 aliphatic carbocycles. The minimum absolute atomic E-state index is 0.00247. The number of benzene rings is 1. The maximum atomic E-state index is 12.8. The molecule has 0 unspecified atom stereocenters. The molecule has 0 fully saturated rings. The highest BCUT2D eigenvalue weighted by atomic mass is 35.5. The molecular weight excluding hydrogens is 328 g/mol. The number of aromatic nitrogens is 3. The van der Waals surface area contributed by atoms with Gasteiger partial charge in [0.15, 0.2) is 11.9 Å². The highest BCUT2D eigenvalue weighted by molar-refractivity contribution is 6.30. The molecule has 1 atom stereocenters. The fourth-order valence-electron chi connectivity index (χ4n) is 3.35. The fourth-order valence-corrected chi connectivity index (χ4v) is 3.55. The maximum Gasteiger partial charge on any atom is 0.264 e. The molecule has 2 aromatic rings. The minimum Gasteiger partial charge on any atom is -0.480 e. The Hall–Kier alpha value is -2.08. The number of hydrogen-bond acceptors (Lipinski definition) is 4. The zero-order valence-corrected chi connectivity index (χ0v) is 14.5. The molecule has 1 amide bonds. The van der Waals surface area contributed by atoms with E-state index in [4.69, 9.17) is 16.3 Å². The van der Waals surface area contributed by atoms with Gasteiger partial charge >= 0.3 is 0 Å². The molecule has 24 heavy (non-hydrogen) atoms. The summed E-state index contributed by atoms with van der Waals surface area (Å²) < 4.78 is 7.94. The van der Waals surface area contributed by atoms with Gasteiger partial charge in [0, 0.05) is 30.5 Å². The highest BCUT2D eigenvalue weighted by Crippen LogP contribution is 2.32. The van der Waals surface area contributed by atoms with Crippen LogP contribution in [0.2, 0.25) is 5.02 Å². The molecule has 1 aromatic carbocycles. The Bertz CT molecular complexity index is 802. The molecule has 4 rings (SSSR count). The molecule has 0 saturated heterocycles. The quantitative estimate of drug-likeness (QED) is 0.837. The van der Waals surface area contributed by atoms with Crippen LogP contribution in [-0.4, -0.2) is 38.2 Å². The normalized spacial score (nSPS) is 19.2. The lowest BCUT2D eigenvalue weighted by Crippen LogP contribution is -2.45. The molecule has 1 aromatic heterocycles. The summed E-state index contributed by atoms with van der Waals surface area (Å²) in [5, 5.41) is 9.17. The molecule has 0 radical (unpaired) electrons. The molecule has 0 saturated carbocycles. The van der Waals surface area contributed by atoms with Crippen molar-refractivity contribution in [3.63, 3.8) is 0 Å². The molecule has 3 heterocycles. The monoisotopic (exact) mass is 346 g/mol. The van der Waals surface area contributed by atoms with Gasteiger partial charge in [-0.1, -0.05) is 25.4 Å². The number of carbonyl (C=O) groups is 1. The van der Waals surface area contributed by atoms with Crippen molar-refractivity contribution in [2.24, 2.45) is 0 Å². The Balaban J connectivity index is 1.49. The zero-order chi connectivity index (χ0) is 16.8. The van der Waals surface area contributed by atoms with Gasteiger partial charge in [0.1, 0.15) is 11.6 Å². The molecule has 0 N–H and O–H groups in total. The van der Waals surface area contributed by atoms with Crippen molar-refractivity contribution in [1.82, 2.24) is 19.7 Å². The summed E-state index contributed by atoms with van der Waals surface area (Å²) in [6.45, 7) is 6.07. The van der Waals surface area contributed by atoms with Gasteiger partial charge in [-0.15, -0.1) is 10.2 Å². The lowest BCUT2D eigenvalue weighted by molar-refractivity contribution is -0.139. The predicted octanol–water partition coefficient (Wildman–Crippen LogP) is 2.40. The van der Waals surface area contributed by atoms with Crippen LogP contribution in [0.5, 0.6) is 5.75 Å². The number of ether oxygens (including phenoxy) is 1. The van der Waals surface area contributed by atoms with Gasteiger partial charge in [0.05, 0.1) is 6.54 Å². The van der Waals surface area contributed by atoms with Crippen LogP contribution in [0, 0.1) is 0 Å². The van der Waals surface area contributed by atoms with Gasteiger partial charge in [-0.3, -0.25) is 4.79 Å². The van der Waals surface area contributed by atoms with Crippen LogP contribution in [-0.2, 0) is 24.3 Å². The van der Waals surface area contributed by atoms with E-state index >= 15 is 0 Å². The SMILES string of the molecule is CC(C)c1nnc2n1CCN(C(=O)[C@@H]1Cc3cc(Cl)ccc3O1)C2. The van der Waals surface area contributed by atoms with Crippen LogP contribution < -0.4 is 4.74 Å². The van der Waals surface area contributed by atoms with Crippen molar-refractivity contribution in [2.75, 3.05) is 6.54 Å². The Labute approximate surface area is 145 Å². The van der Waals surface area contributed by atoms with E-state index in [-0.39, 0.29) is 5.91 Å². The first kappa shape index (κ1) is 15.4. The minimum atomic E-state index is -0.475. The summed E-state index contributed by atoms with van der Waals surface area (Å²) in [5.74, 6) is 2.90. The summed E-state index contributed by atoms with van der Waals surface area (Å²) in [5.41, 5.74) is 0.989. The average molecular weight is 347 g/mol. The van der Waals surface area contributed by atoms with Crippen LogP contribution in [0.3, 0.4) is 0 Å². The van der Waals surface area contributed by atoms with E-state index in [1.165, 1.54) is 0 Å². The van der Waals surface area contributed by atoms with E-state index in [9.17, 15) is 4.79 Å². The van der Waals surface area contributed by atoms with Crippen molar-refractivity contribution < 1.29 is 9.53 Å². The van der Waals surface area contributed by atoms with Crippen molar-refractivity contribution in [2.45, 2.75) is 45.4 Å². The second-order valence-corrected chi connectivity index (χ2v) is 7.04. The summed E-state index contributed by atoms with van der Waals surface area (Å²) in [6.07, 6.45) is 0.0901. The van der Waals surface area contributed by atoms with Crippen molar-refractivity contribution in [1.29, 1.82) is 0 Å². The van der Waals surface area contributed by atoms with Crippen LogP contribution >= 0.6 is 11.6 Å². The largest absolute Gasteiger partial charge is 0.480 e. The number of fused-ring (bicyclic) bond motifs is 2. The Morgan fingerprint density at radius 2 is 2.17 bits per heavy atom. The Kier molecular flexibility index (Phi) is 3.72. The summed E-state index contributed by atoms with van der Waals surface area (Å²) in [4.78, 5) is 14.6. The molecule has 2 aliphatic heterocycles. The van der Waals surface area contributed by atoms with E-state index in [0.717, 1.165) is 29.5 Å². The van der Waals surface area contributed by atoms with E-state index in [1.54, 1.807) is 6.07 Å². The molecule has 0 bridgehead atoms. The van der Waals surface area contributed by atoms with Gasteiger partial charge < -0.3 is 14.2 Å². The van der Waals surface area contributed by atoms with Gasteiger partial charge in [0.25, 0.3) is 5.91 Å². The first-order valence-electron chi connectivity index (χ1n) is 8.19. The third kappa shape index (κ3) is 2.55. The lowest BCUT2D eigenvalue weighted by Gasteiger charge is -2.29. The zero-order valence-electron chi connectivity index (χ0n) is 13.7. The van der Waals surface area contributed by atoms with Crippen LogP contribution in [0.15, 0.2) is 18.2 Å². The summed E-state index contributed by atoms with van der Waals surface area (Å²) in [6, 6.07) is 5.47. The first-order valence-corrected chi connectivity index (χ1v) is 8.56. The van der Waals surface area contributed by atoms with E-state index in [1.807, 2.05) is 17.0 Å². The Morgan fingerprint density at radius 3 is 2.96 bits per heavy atom. The van der Waals surface area contributed by atoms with E-state index in [0.29, 0.717) is 30.5 Å². The lowest BCUT2D eigenvalue weighted by atomic mass is 10.1. The topological polar surface area (TPSA) is 60.2 Å². The standard InChI is InChI=1S/C17H19ClN4O2/c1-10(2)16-20-19-15-9-21(5-6-22(15)16)17(23)14-8-11-7-12(18)3-4-13(11)24-14/h3-4,7,10,14H,5-6,8-9H2,1-2H3/t14-/m0/s1. The van der Waals surface area contributed by atoms with Gasteiger partial charge in [-0.05, 0) is 23.8 Å². The maximum absolute atomic E-state index is 12.8. The van der Waals surface area contributed by atoms with Gasteiger partial charge in [-0.2, -0.15) is 0 Å². The molecular formula is C17H19ClN4O2. The predicted molar refractivity (Wildman–Crippen MR) is 89.1 cm³/mol. The summed E-state index contributed by atoms with van der Waals surface area (Å²) in [7, 11) is 0. The van der Waals surface area contributed by atoms with Crippen LogP contribution in [0.25, 0.3) is 0 Å². The Morgan fingerprint density at radius 1 is 1.33 bits per heavy atom. The van der Waals surface area contributed by atoms with E-state index in [2.05, 4.69) is 28.6 Å². The van der Waals surface area contributed by atoms with Gasteiger partial charge in [-0.25, -0.2) is 0 Å². The van der Waals surface area contributed by atoms with Crippen molar-refractivity contribution in [3.8, 4) is 5.75 Å². The smallest absolute Gasteiger partial charge is 0.264 e. The van der Waals surface area contributed by atoms with Crippen molar-refractivity contribution in [3.05, 3.63) is 40.4 Å². The number of hydrogen-bond donors (Lipinski definition) is 0. The number of rotatable bonds is 2. The molecule has 6 nitrogen and oxygen atoms in total. The van der Waals surface area contributed by atoms with Crippen LogP contribution in [0.4, 0.5) is 0 Å². The molecule has 2 aliphatic rings. The average Bonchev–Trinajstić information content (AvgIpc) is 3.16. The molecule has 0 spiro atoms. The third-order valence-corrected chi connectivity index (χ3v) is 4.82. The number of nitrogens with zero attached hydrogens (tertiary/aromatic N) is 4. The second-order valence-electron chi connectivity index (χ2n) is 6.60. The number of carbonyl (C=O) groups excluding carboxylic acids is 1. The number of halogens is 1. The first-order chi connectivity index (χ1) is 11.5. The van der Waals surface area contributed by atoms with Crippen LogP contribution in [0.1, 0.15) is 37.0 Å². The number of amides is 1. The molecule has 126 valence electrons. The fraction of sp³-hybridized carbons (Fsp3) is 0.471. The van der Waals surface area contributed by atoms with Gasteiger partial charge in [0.2, 0.25) is 0 Å². The highest BCUT2D eigenvalue weighted by Gasteiger charge is 2.35. The second kappa shape index (κ2) is 5.77. The summed E-state index contributed by atoms with van der Waals surface area (Å²) >= 11 is 6.01. The third-order valence-electron chi connectivity index (χ3n) is 4.58.